The SMILES string of the molecule is COc1ccccc1CNC(=O)COc1ccc(S(=O)(=O)Nc2cccc(C(F)(F)F)c2)cc1. The molecule has 1 amide bonds. The number of ether oxygens (including phenoxy) is 2. The van der Waals surface area contributed by atoms with Crippen LogP contribution in [0.15, 0.2) is 77.7 Å². The lowest BCUT2D eigenvalue weighted by molar-refractivity contribution is -0.137. The van der Waals surface area contributed by atoms with Crippen LogP contribution in [0.3, 0.4) is 0 Å². The van der Waals surface area contributed by atoms with Gasteiger partial charge in [-0.05, 0) is 48.5 Å². The third-order valence-corrected chi connectivity index (χ3v) is 6.01. The fraction of sp³-hybridized carbons (Fsp3) is 0.174. The average Bonchev–Trinajstić information content (AvgIpc) is 2.81. The molecule has 0 aromatic heterocycles. The van der Waals surface area contributed by atoms with Crippen LogP contribution in [0.25, 0.3) is 0 Å². The van der Waals surface area contributed by atoms with Crippen molar-refractivity contribution in [3.05, 3.63) is 83.9 Å². The van der Waals surface area contributed by atoms with Gasteiger partial charge in [0, 0.05) is 17.8 Å². The fourth-order valence-electron chi connectivity index (χ4n) is 2.93. The Bertz CT molecular complexity index is 1250. The summed E-state index contributed by atoms with van der Waals surface area (Å²) in [6.07, 6.45) is -4.60. The molecule has 3 aromatic carbocycles. The number of para-hydroxylation sites is 1. The molecule has 0 spiro atoms. The summed E-state index contributed by atoms with van der Waals surface area (Å²) in [6, 6.07) is 16.2. The van der Waals surface area contributed by atoms with Crippen LogP contribution in [-0.2, 0) is 27.5 Å². The van der Waals surface area contributed by atoms with E-state index in [1.807, 2.05) is 18.2 Å². The number of halogens is 3. The van der Waals surface area contributed by atoms with Crippen LogP contribution >= 0.6 is 0 Å². The van der Waals surface area contributed by atoms with Gasteiger partial charge in [0.1, 0.15) is 11.5 Å². The normalized spacial score (nSPS) is 11.5. The number of rotatable bonds is 9. The van der Waals surface area contributed by atoms with Crippen molar-refractivity contribution in [2.45, 2.75) is 17.6 Å². The first-order valence-electron chi connectivity index (χ1n) is 9.90. The maximum Gasteiger partial charge on any atom is 0.416 e. The second-order valence-electron chi connectivity index (χ2n) is 7.03. The number of sulfonamides is 1. The van der Waals surface area contributed by atoms with Gasteiger partial charge in [0.05, 0.1) is 17.6 Å². The van der Waals surface area contributed by atoms with Crippen molar-refractivity contribution in [3.8, 4) is 11.5 Å². The van der Waals surface area contributed by atoms with E-state index in [4.69, 9.17) is 9.47 Å². The van der Waals surface area contributed by atoms with Crippen molar-refractivity contribution in [2.75, 3.05) is 18.4 Å². The van der Waals surface area contributed by atoms with Crippen LogP contribution in [-0.4, -0.2) is 28.0 Å². The van der Waals surface area contributed by atoms with E-state index in [-0.39, 0.29) is 29.5 Å². The van der Waals surface area contributed by atoms with Gasteiger partial charge >= 0.3 is 6.18 Å². The number of amides is 1. The molecule has 0 saturated heterocycles. The van der Waals surface area contributed by atoms with Crippen molar-refractivity contribution in [1.29, 1.82) is 0 Å². The number of nitrogens with one attached hydrogen (secondary N) is 2. The van der Waals surface area contributed by atoms with Crippen LogP contribution in [0.5, 0.6) is 11.5 Å². The van der Waals surface area contributed by atoms with E-state index >= 15 is 0 Å². The van der Waals surface area contributed by atoms with Crippen molar-refractivity contribution in [1.82, 2.24) is 5.32 Å². The lowest BCUT2D eigenvalue weighted by Crippen LogP contribution is -2.28. The molecule has 0 saturated carbocycles. The molecule has 0 heterocycles. The summed E-state index contributed by atoms with van der Waals surface area (Å²) >= 11 is 0. The Kier molecular flexibility index (Phi) is 7.67. The minimum Gasteiger partial charge on any atom is -0.496 e. The molecule has 7 nitrogen and oxygen atoms in total. The monoisotopic (exact) mass is 494 g/mol. The predicted octanol–water partition coefficient (Wildman–Crippen LogP) is 4.21. The number of alkyl halides is 3. The molecule has 0 bridgehead atoms. The van der Waals surface area contributed by atoms with Gasteiger partial charge < -0.3 is 14.8 Å². The molecular weight excluding hydrogens is 473 g/mol. The van der Waals surface area contributed by atoms with Gasteiger partial charge in [0.25, 0.3) is 15.9 Å². The maximum absolute atomic E-state index is 12.8. The summed E-state index contributed by atoms with van der Waals surface area (Å²) in [5.74, 6) is 0.485. The Balaban J connectivity index is 1.56. The van der Waals surface area contributed by atoms with Crippen LogP contribution in [0, 0.1) is 0 Å². The summed E-state index contributed by atoms with van der Waals surface area (Å²) in [5.41, 5.74) is -0.400. The molecule has 0 aliphatic carbocycles. The van der Waals surface area contributed by atoms with Gasteiger partial charge in [-0.15, -0.1) is 0 Å². The topological polar surface area (TPSA) is 93.7 Å². The van der Waals surface area contributed by atoms with Crippen LogP contribution in [0.2, 0.25) is 0 Å². The second-order valence-corrected chi connectivity index (χ2v) is 8.72. The summed E-state index contributed by atoms with van der Waals surface area (Å²) in [5, 5.41) is 2.69. The minimum atomic E-state index is -4.60. The van der Waals surface area contributed by atoms with Gasteiger partial charge in [-0.2, -0.15) is 13.2 Å². The smallest absolute Gasteiger partial charge is 0.416 e. The Hall–Kier alpha value is -3.73. The second kappa shape index (κ2) is 10.5. The number of hydrogen-bond donors (Lipinski definition) is 2. The van der Waals surface area contributed by atoms with Gasteiger partial charge in [0.2, 0.25) is 0 Å². The number of carbonyl (C=O) groups excluding carboxylic acids is 1. The van der Waals surface area contributed by atoms with Crippen LogP contribution < -0.4 is 19.5 Å². The van der Waals surface area contributed by atoms with Gasteiger partial charge in [-0.3, -0.25) is 9.52 Å². The van der Waals surface area contributed by atoms with Crippen LogP contribution in [0.4, 0.5) is 18.9 Å². The number of benzene rings is 3. The number of anilines is 1. The Labute approximate surface area is 194 Å². The van der Waals surface area contributed by atoms with E-state index in [1.54, 1.807) is 6.07 Å². The molecule has 0 radical (unpaired) electrons. The molecule has 3 rings (SSSR count). The number of hydrogen-bond acceptors (Lipinski definition) is 5. The van der Waals surface area contributed by atoms with Crippen molar-refractivity contribution < 1.29 is 35.9 Å². The molecule has 0 aliphatic heterocycles. The van der Waals surface area contributed by atoms with E-state index < -0.39 is 27.7 Å². The highest BCUT2D eigenvalue weighted by atomic mass is 32.2. The van der Waals surface area contributed by atoms with Crippen molar-refractivity contribution >= 4 is 21.6 Å². The molecule has 0 aliphatic rings. The summed E-state index contributed by atoms with van der Waals surface area (Å²) in [4.78, 5) is 11.9. The number of methoxy groups -OCH3 is 1. The zero-order chi connectivity index (χ0) is 24.8. The first kappa shape index (κ1) is 24.9. The molecule has 0 fully saturated rings. The average molecular weight is 494 g/mol. The largest absolute Gasteiger partial charge is 0.496 e. The fourth-order valence-corrected chi connectivity index (χ4v) is 3.98. The van der Waals surface area contributed by atoms with Crippen molar-refractivity contribution in [2.24, 2.45) is 0 Å². The van der Waals surface area contributed by atoms with E-state index in [0.717, 1.165) is 17.7 Å². The Morgan fingerprint density at radius 2 is 1.68 bits per heavy atom. The highest BCUT2D eigenvalue weighted by Crippen LogP contribution is 2.31. The summed E-state index contributed by atoms with van der Waals surface area (Å²) in [6.45, 7) is -0.0612. The van der Waals surface area contributed by atoms with Gasteiger partial charge in [0.15, 0.2) is 6.61 Å². The van der Waals surface area contributed by atoms with Gasteiger partial charge in [-0.1, -0.05) is 24.3 Å². The Morgan fingerprint density at radius 1 is 0.971 bits per heavy atom. The molecular formula is C23H21F3N2O5S. The Morgan fingerprint density at radius 3 is 2.35 bits per heavy atom. The van der Waals surface area contributed by atoms with Gasteiger partial charge in [-0.25, -0.2) is 8.42 Å². The molecule has 180 valence electrons. The van der Waals surface area contributed by atoms with Crippen LogP contribution in [0.1, 0.15) is 11.1 Å². The maximum atomic E-state index is 12.8. The van der Waals surface area contributed by atoms with Crippen molar-refractivity contribution in [3.63, 3.8) is 0 Å². The molecule has 11 heteroatoms. The van der Waals surface area contributed by atoms with E-state index in [1.165, 1.54) is 37.4 Å². The first-order chi connectivity index (χ1) is 16.1. The highest BCUT2D eigenvalue weighted by Gasteiger charge is 2.30. The molecule has 2 N–H and O–H groups in total. The minimum absolute atomic E-state index is 0.183. The quantitative estimate of drug-likeness (QED) is 0.465. The molecule has 0 atom stereocenters. The zero-order valence-corrected chi connectivity index (χ0v) is 18.7. The standard InChI is InChI=1S/C23H21F3N2O5S/c1-32-21-8-3-2-5-16(21)14-27-22(29)15-33-19-9-11-20(12-10-19)34(30,31)28-18-7-4-6-17(13-18)23(24,25)26/h2-13,28H,14-15H2,1H3,(H,27,29). The third-order valence-electron chi connectivity index (χ3n) is 4.61. The number of carbonyl (C=O) groups is 1. The van der Waals surface area contributed by atoms with E-state index in [2.05, 4.69) is 10.0 Å². The molecule has 3 aromatic rings. The molecule has 0 unspecified atom stereocenters. The lowest BCUT2D eigenvalue weighted by atomic mass is 10.2. The zero-order valence-electron chi connectivity index (χ0n) is 17.9. The van der Waals surface area contributed by atoms with E-state index in [9.17, 15) is 26.4 Å². The highest BCUT2D eigenvalue weighted by molar-refractivity contribution is 7.92. The molecule has 34 heavy (non-hydrogen) atoms. The lowest BCUT2D eigenvalue weighted by Gasteiger charge is -2.12. The first-order valence-corrected chi connectivity index (χ1v) is 11.4. The summed E-state index contributed by atoms with van der Waals surface area (Å²) in [7, 11) is -2.60. The third kappa shape index (κ3) is 6.64. The van der Waals surface area contributed by atoms with E-state index in [0.29, 0.717) is 11.8 Å². The summed E-state index contributed by atoms with van der Waals surface area (Å²) < 4.78 is 76.2. The predicted molar refractivity (Wildman–Crippen MR) is 119 cm³/mol.